The summed E-state index contributed by atoms with van der Waals surface area (Å²) in [7, 11) is 1.22. The molecule has 1 aromatic heterocycles. The fraction of sp³-hybridized carbons (Fsp3) is 0.182. The van der Waals surface area contributed by atoms with E-state index in [2.05, 4.69) is 15.6 Å². The number of ether oxygens (including phenoxy) is 1. The minimum absolute atomic E-state index is 0.242. The van der Waals surface area contributed by atoms with Crippen LogP contribution in [0.5, 0.6) is 0 Å². The Kier molecular flexibility index (Phi) is 3.58. The normalized spacial score (nSPS) is 9.07. The molecule has 0 spiro atoms. The summed E-state index contributed by atoms with van der Waals surface area (Å²) in [5.41, 5.74) is 0.511. The zero-order valence-corrected chi connectivity index (χ0v) is 8.19. The van der Waals surface area contributed by atoms with Crippen LogP contribution in [0, 0.1) is 12.3 Å². The Morgan fingerprint density at radius 1 is 1.60 bits per heavy atom. The number of carbonyl (C=O) groups excluding carboxylic acids is 2. The van der Waals surface area contributed by atoms with Crippen molar-refractivity contribution >= 4 is 11.8 Å². The van der Waals surface area contributed by atoms with Gasteiger partial charge in [-0.3, -0.25) is 9.59 Å². The molecule has 0 N–H and O–H groups in total. The molecule has 1 rings (SSSR count). The van der Waals surface area contributed by atoms with Crippen LogP contribution in [0.25, 0.3) is 0 Å². The highest BCUT2D eigenvalue weighted by atomic mass is 16.5. The largest absolute Gasteiger partial charge is 0.469 e. The molecule has 15 heavy (non-hydrogen) atoms. The summed E-state index contributed by atoms with van der Waals surface area (Å²) in [6.45, 7) is 0. The number of pyridine rings is 1. The van der Waals surface area contributed by atoms with E-state index in [4.69, 9.17) is 6.42 Å². The Bertz CT molecular complexity index is 432. The molecule has 4 nitrogen and oxygen atoms in total. The van der Waals surface area contributed by atoms with Gasteiger partial charge < -0.3 is 4.74 Å². The van der Waals surface area contributed by atoms with Crippen LogP contribution in [-0.4, -0.2) is 23.8 Å². The lowest BCUT2D eigenvalue weighted by atomic mass is 10.1. The van der Waals surface area contributed by atoms with E-state index in [1.165, 1.54) is 19.4 Å². The van der Waals surface area contributed by atoms with Gasteiger partial charge in [0.25, 0.3) is 0 Å². The van der Waals surface area contributed by atoms with Gasteiger partial charge in [0, 0.05) is 6.20 Å². The van der Waals surface area contributed by atoms with E-state index >= 15 is 0 Å². The molecule has 1 heterocycles. The van der Waals surface area contributed by atoms with Gasteiger partial charge in [0.05, 0.1) is 12.7 Å². The van der Waals surface area contributed by atoms with Crippen molar-refractivity contribution in [1.82, 2.24) is 4.98 Å². The van der Waals surface area contributed by atoms with E-state index in [1.54, 1.807) is 6.07 Å². The molecule has 0 aromatic carbocycles. The van der Waals surface area contributed by atoms with E-state index in [1.807, 2.05) is 0 Å². The summed E-state index contributed by atoms with van der Waals surface area (Å²) >= 11 is 0. The molecule has 76 valence electrons. The van der Waals surface area contributed by atoms with Crippen molar-refractivity contribution in [3.8, 4) is 12.3 Å². The van der Waals surface area contributed by atoms with Crippen LogP contribution in [0.1, 0.15) is 22.5 Å². The first-order valence-corrected chi connectivity index (χ1v) is 4.20. The van der Waals surface area contributed by atoms with Crippen LogP contribution >= 0.6 is 0 Å². The van der Waals surface area contributed by atoms with Crippen molar-refractivity contribution in [2.45, 2.75) is 6.42 Å². The summed E-state index contributed by atoms with van der Waals surface area (Å²) in [6, 6.07) is 3.12. The molecule has 0 atom stereocenters. The Morgan fingerprint density at radius 2 is 2.33 bits per heavy atom. The molecular formula is C11H9NO3. The van der Waals surface area contributed by atoms with Gasteiger partial charge in [0.1, 0.15) is 12.1 Å². The number of methoxy groups -OCH3 is 1. The minimum Gasteiger partial charge on any atom is -0.469 e. The second-order valence-electron chi connectivity index (χ2n) is 2.72. The van der Waals surface area contributed by atoms with Crippen molar-refractivity contribution in [2.24, 2.45) is 0 Å². The quantitative estimate of drug-likeness (QED) is 0.315. The number of esters is 1. The molecule has 0 bridgehead atoms. The smallest absolute Gasteiger partial charge is 0.313 e. The Balaban J connectivity index is 2.92. The summed E-state index contributed by atoms with van der Waals surface area (Å²) in [5, 5.41) is 0. The van der Waals surface area contributed by atoms with Gasteiger partial charge in [0.2, 0.25) is 0 Å². The first kappa shape index (κ1) is 10.9. The van der Waals surface area contributed by atoms with Crippen molar-refractivity contribution in [2.75, 3.05) is 7.11 Å². The Hall–Kier alpha value is -2.15. The van der Waals surface area contributed by atoms with E-state index < -0.39 is 5.97 Å². The highest BCUT2D eigenvalue weighted by molar-refractivity contribution is 6.07. The van der Waals surface area contributed by atoms with E-state index in [0.29, 0.717) is 0 Å². The minimum atomic E-state index is -0.591. The number of rotatable bonds is 3. The average Bonchev–Trinajstić information content (AvgIpc) is 2.28. The SMILES string of the molecule is C#Cc1ncccc1C(=O)CC(=O)OC. The van der Waals surface area contributed by atoms with Crippen LogP contribution in [0.3, 0.4) is 0 Å². The first-order valence-electron chi connectivity index (χ1n) is 4.20. The third-order valence-corrected chi connectivity index (χ3v) is 1.78. The fourth-order valence-electron chi connectivity index (χ4n) is 1.04. The standard InChI is InChI=1S/C11H9NO3/c1-3-9-8(5-4-6-12-9)10(13)7-11(14)15-2/h1,4-6H,7H2,2H3. The summed E-state index contributed by atoms with van der Waals surface area (Å²) in [6.07, 6.45) is 6.34. The number of aromatic nitrogens is 1. The Morgan fingerprint density at radius 3 is 2.93 bits per heavy atom. The van der Waals surface area contributed by atoms with Crippen LogP contribution in [0.15, 0.2) is 18.3 Å². The van der Waals surface area contributed by atoms with Gasteiger partial charge in [-0.2, -0.15) is 0 Å². The summed E-state index contributed by atoms with van der Waals surface area (Å²) in [5.74, 6) is 1.31. The molecule has 0 aliphatic rings. The van der Waals surface area contributed by atoms with Crippen LogP contribution < -0.4 is 0 Å². The number of hydrogen-bond donors (Lipinski definition) is 0. The monoisotopic (exact) mass is 203 g/mol. The highest BCUT2D eigenvalue weighted by Gasteiger charge is 2.15. The topological polar surface area (TPSA) is 56.3 Å². The maximum absolute atomic E-state index is 11.6. The van der Waals surface area contributed by atoms with Crippen molar-refractivity contribution < 1.29 is 14.3 Å². The molecule has 0 unspecified atom stereocenters. The molecule has 0 aliphatic heterocycles. The second kappa shape index (κ2) is 4.91. The van der Waals surface area contributed by atoms with E-state index in [9.17, 15) is 9.59 Å². The molecule has 0 saturated carbocycles. The van der Waals surface area contributed by atoms with Crippen molar-refractivity contribution in [3.63, 3.8) is 0 Å². The van der Waals surface area contributed by atoms with Gasteiger partial charge in [-0.05, 0) is 18.1 Å². The average molecular weight is 203 g/mol. The van der Waals surface area contributed by atoms with Gasteiger partial charge >= 0.3 is 5.97 Å². The zero-order chi connectivity index (χ0) is 11.3. The first-order chi connectivity index (χ1) is 7.19. The predicted octanol–water partition coefficient (Wildman–Crippen LogP) is 0.809. The molecule has 0 radical (unpaired) electrons. The second-order valence-corrected chi connectivity index (χ2v) is 2.72. The number of terminal acetylenes is 1. The molecule has 0 fully saturated rings. The van der Waals surface area contributed by atoms with Crippen LogP contribution in [0.2, 0.25) is 0 Å². The maximum atomic E-state index is 11.6. The molecule has 1 aromatic rings. The van der Waals surface area contributed by atoms with Gasteiger partial charge in [-0.15, -0.1) is 6.42 Å². The lowest BCUT2D eigenvalue weighted by Gasteiger charge is -2.01. The van der Waals surface area contributed by atoms with Crippen molar-refractivity contribution in [3.05, 3.63) is 29.6 Å². The van der Waals surface area contributed by atoms with E-state index in [-0.39, 0.29) is 23.5 Å². The zero-order valence-electron chi connectivity index (χ0n) is 8.19. The molecule has 0 aliphatic carbocycles. The van der Waals surface area contributed by atoms with Gasteiger partial charge in [-0.1, -0.05) is 0 Å². The van der Waals surface area contributed by atoms with E-state index in [0.717, 1.165) is 0 Å². The summed E-state index contributed by atoms with van der Waals surface area (Å²) in [4.78, 5) is 26.3. The molecule has 0 amide bonds. The van der Waals surface area contributed by atoms with Crippen LogP contribution in [-0.2, 0) is 9.53 Å². The third-order valence-electron chi connectivity index (χ3n) is 1.78. The summed E-state index contributed by atoms with van der Waals surface area (Å²) < 4.78 is 4.38. The maximum Gasteiger partial charge on any atom is 0.313 e. The molecule has 4 heteroatoms. The lowest BCUT2D eigenvalue weighted by Crippen LogP contribution is -2.11. The highest BCUT2D eigenvalue weighted by Crippen LogP contribution is 2.07. The van der Waals surface area contributed by atoms with Crippen LogP contribution in [0.4, 0.5) is 0 Å². The number of hydrogen-bond acceptors (Lipinski definition) is 4. The lowest BCUT2D eigenvalue weighted by molar-refractivity contribution is -0.139. The predicted molar refractivity (Wildman–Crippen MR) is 53.1 cm³/mol. The number of ketones is 1. The van der Waals surface area contributed by atoms with Gasteiger partial charge in [0.15, 0.2) is 5.78 Å². The fourth-order valence-corrected chi connectivity index (χ4v) is 1.04. The Labute approximate surface area is 87.3 Å². The third kappa shape index (κ3) is 2.64. The number of nitrogens with zero attached hydrogens (tertiary/aromatic N) is 1. The number of Topliss-reactive ketones (excluding diaryl/α,β-unsaturated/α-hetero) is 1. The molecule has 0 saturated heterocycles. The molecular weight excluding hydrogens is 194 g/mol. The van der Waals surface area contributed by atoms with Gasteiger partial charge in [-0.25, -0.2) is 4.98 Å². The van der Waals surface area contributed by atoms with Crippen molar-refractivity contribution in [1.29, 1.82) is 0 Å². The number of carbonyl (C=O) groups is 2.